The van der Waals surface area contributed by atoms with Crippen molar-refractivity contribution in [1.29, 1.82) is 0 Å². The van der Waals surface area contributed by atoms with Gasteiger partial charge in [-0.2, -0.15) is 0 Å². The third kappa shape index (κ3) is 4.25. The van der Waals surface area contributed by atoms with Gasteiger partial charge in [0.2, 0.25) is 0 Å². The summed E-state index contributed by atoms with van der Waals surface area (Å²) in [5.74, 6) is 0.331. The summed E-state index contributed by atoms with van der Waals surface area (Å²) < 4.78 is 5.69. The highest BCUT2D eigenvalue weighted by Gasteiger charge is 2.34. The standard InChI is InChI=1S/C10H17N3O2S2/c1-4-5-11-10(2,8(14)15-3)6-16-9-13-12-7-17-9/h7,11H,4-6H2,1-3H3. The van der Waals surface area contributed by atoms with Gasteiger partial charge in [0, 0.05) is 5.75 Å². The second kappa shape index (κ2) is 6.93. The van der Waals surface area contributed by atoms with Crippen LogP contribution in [0.3, 0.4) is 0 Å². The molecule has 1 aromatic rings. The van der Waals surface area contributed by atoms with Gasteiger partial charge in [0.1, 0.15) is 11.0 Å². The molecule has 1 heterocycles. The number of carbonyl (C=O) groups excluding carboxylic acids is 1. The topological polar surface area (TPSA) is 64.1 Å². The van der Waals surface area contributed by atoms with E-state index >= 15 is 0 Å². The van der Waals surface area contributed by atoms with Crippen molar-refractivity contribution in [3.63, 3.8) is 0 Å². The zero-order valence-electron chi connectivity index (χ0n) is 10.2. The molecule has 1 N–H and O–H groups in total. The van der Waals surface area contributed by atoms with Gasteiger partial charge in [-0.1, -0.05) is 30.0 Å². The number of ether oxygens (including phenoxy) is 1. The highest BCUT2D eigenvalue weighted by Crippen LogP contribution is 2.24. The van der Waals surface area contributed by atoms with E-state index in [-0.39, 0.29) is 5.97 Å². The van der Waals surface area contributed by atoms with Gasteiger partial charge in [-0.25, -0.2) is 0 Å². The lowest BCUT2D eigenvalue weighted by atomic mass is 10.1. The van der Waals surface area contributed by atoms with Crippen LogP contribution in [0.15, 0.2) is 9.85 Å². The van der Waals surface area contributed by atoms with Crippen LogP contribution in [0.5, 0.6) is 0 Å². The van der Waals surface area contributed by atoms with Gasteiger partial charge in [0.25, 0.3) is 0 Å². The number of hydrogen-bond donors (Lipinski definition) is 1. The lowest BCUT2D eigenvalue weighted by Gasteiger charge is -2.27. The largest absolute Gasteiger partial charge is 0.468 e. The van der Waals surface area contributed by atoms with Crippen LogP contribution in [0.25, 0.3) is 0 Å². The Kier molecular flexibility index (Phi) is 5.87. The van der Waals surface area contributed by atoms with Crippen molar-refractivity contribution >= 4 is 29.1 Å². The molecule has 0 aliphatic carbocycles. The first-order chi connectivity index (χ1) is 8.12. The van der Waals surface area contributed by atoms with Gasteiger partial charge in [-0.15, -0.1) is 10.2 Å². The molecule has 0 radical (unpaired) electrons. The van der Waals surface area contributed by atoms with Crippen LogP contribution in [0.4, 0.5) is 0 Å². The summed E-state index contributed by atoms with van der Waals surface area (Å²) in [7, 11) is 1.41. The molecular weight excluding hydrogens is 258 g/mol. The molecule has 0 spiro atoms. The third-order valence-corrected chi connectivity index (χ3v) is 4.40. The van der Waals surface area contributed by atoms with Crippen molar-refractivity contribution in [2.45, 2.75) is 30.1 Å². The van der Waals surface area contributed by atoms with E-state index in [1.54, 1.807) is 5.51 Å². The van der Waals surface area contributed by atoms with Gasteiger partial charge < -0.3 is 10.1 Å². The third-order valence-electron chi connectivity index (χ3n) is 2.23. The molecule has 1 rings (SSSR count). The summed E-state index contributed by atoms with van der Waals surface area (Å²) in [5.41, 5.74) is 0.998. The molecule has 7 heteroatoms. The van der Waals surface area contributed by atoms with E-state index in [2.05, 4.69) is 22.4 Å². The Labute approximate surface area is 109 Å². The van der Waals surface area contributed by atoms with Gasteiger partial charge in [-0.3, -0.25) is 4.79 Å². The number of carbonyl (C=O) groups is 1. The van der Waals surface area contributed by atoms with Crippen LogP contribution in [-0.2, 0) is 9.53 Å². The van der Waals surface area contributed by atoms with E-state index in [0.717, 1.165) is 17.3 Å². The van der Waals surface area contributed by atoms with Crippen molar-refractivity contribution in [2.24, 2.45) is 0 Å². The maximum absolute atomic E-state index is 11.8. The molecule has 0 fully saturated rings. The van der Waals surface area contributed by atoms with Crippen molar-refractivity contribution in [3.8, 4) is 0 Å². The Morgan fingerprint density at radius 1 is 1.71 bits per heavy atom. The summed E-state index contributed by atoms with van der Waals surface area (Å²) in [4.78, 5) is 11.8. The van der Waals surface area contributed by atoms with Crippen molar-refractivity contribution < 1.29 is 9.53 Å². The Bertz CT molecular complexity index is 345. The molecule has 1 unspecified atom stereocenters. The predicted octanol–water partition coefficient (Wildman–Crippen LogP) is 1.56. The number of nitrogens with zero attached hydrogens (tertiary/aromatic N) is 2. The molecule has 0 amide bonds. The van der Waals surface area contributed by atoms with Crippen LogP contribution in [0.1, 0.15) is 20.3 Å². The molecule has 0 aliphatic heterocycles. The Morgan fingerprint density at radius 3 is 3.00 bits per heavy atom. The predicted molar refractivity (Wildman–Crippen MR) is 69.3 cm³/mol. The molecule has 0 saturated carbocycles. The van der Waals surface area contributed by atoms with Crippen LogP contribution < -0.4 is 5.32 Å². The SMILES string of the molecule is CCCNC(C)(CSc1nncs1)C(=O)OC. The maximum Gasteiger partial charge on any atom is 0.326 e. The fourth-order valence-corrected chi connectivity index (χ4v) is 2.83. The number of rotatable bonds is 7. The number of nitrogens with one attached hydrogen (secondary N) is 1. The fourth-order valence-electron chi connectivity index (χ4n) is 1.24. The highest BCUT2D eigenvalue weighted by molar-refractivity contribution is 8.01. The van der Waals surface area contributed by atoms with Gasteiger partial charge in [0.05, 0.1) is 7.11 Å². The van der Waals surface area contributed by atoms with E-state index in [0.29, 0.717) is 5.75 Å². The minimum absolute atomic E-state index is 0.247. The first-order valence-corrected chi connectivity index (χ1v) is 7.21. The number of methoxy groups -OCH3 is 1. The molecule has 0 aliphatic rings. The van der Waals surface area contributed by atoms with Crippen molar-refractivity contribution in [3.05, 3.63) is 5.51 Å². The molecule has 0 bridgehead atoms. The Balaban J connectivity index is 2.59. The van der Waals surface area contributed by atoms with E-state index in [4.69, 9.17) is 4.74 Å². The first-order valence-electron chi connectivity index (χ1n) is 5.35. The molecule has 1 aromatic heterocycles. The van der Waals surface area contributed by atoms with Crippen LogP contribution >= 0.6 is 23.1 Å². The zero-order chi connectivity index (χ0) is 12.7. The van der Waals surface area contributed by atoms with Crippen LogP contribution in [0, 0.1) is 0 Å². The lowest BCUT2D eigenvalue weighted by molar-refractivity contribution is -0.146. The maximum atomic E-state index is 11.8. The summed E-state index contributed by atoms with van der Waals surface area (Å²) in [6.07, 6.45) is 0.968. The second-order valence-electron chi connectivity index (χ2n) is 3.74. The number of hydrogen-bond acceptors (Lipinski definition) is 7. The normalized spacial score (nSPS) is 14.3. The number of thioether (sulfide) groups is 1. The number of aromatic nitrogens is 2. The van der Waals surface area contributed by atoms with Crippen molar-refractivity contribution in [1.82, 2.24) is 15.5 Å². The molecular formula is C10H17N3O2S2. The van der Waals surface area contributed by atoms with E-state index in [1.807, 2.05) is 6.92 Å². The van der Waals surface area contributed by atoms with Gasteiger partial charge >= 0.3 is 5.97 Å². The molecule has 1 atom stereocenters. The van der Waals surface area contributed by atoms with E-state index < -0.39 is 5.54 Å². The van der Waals surface area contributed by atoms with Crippen molar-refractivity contribution in [2.75, 3.05) is 19.4 Å². The average molecular weight is 275 g/mol. The smallest absolute Gasteiger partial charge is 0.326 e. The molecule has 0 aromatic carbocycles. The summed E-state index contributed by atoms with van der Waals surface area (Å²) in [6, 6.07) is 0. The molecule has 0 saturated heterocycles. The lowest BCUT2D eigenvalue weighted by Crippen LogP contribution is -2.52. The monoisotopic (exact) mass is 275 g/mol. The van der Waals surface area contributed by atoms with Crippen LogP contribution in [-0.4, -0.2) is 41.1 Å². The average Bonchev–Trinajstić information content (AvgIpc) is 2.86. The Hall–Kier alpha value is -0.660. The highest BCUT2D eigenvalue weighted by atomic mass is 32.2. The first kappa shape index (κ1) is 14.4. The summed E-state index contributed by atoms with van der Waals surface area (Å²) >= 11 is 2.98. The Morgan fingerprint density at radius 2 is 2.47 bits per heavy atom. The zero-order valence-corrected chi connectivity index (χ0v) is 11.9. The molecule has 5 nitrogen and oxygen atoms in total. The molecule has 96 valence electrons. The fraction of sp³-hybridized carbons (Fsp3) is 0.700. The van der Waals surface area contributed by atoms with E-state index in [9.17, 15) is 4.79 Å². The second-order valence-corrected chi connectivity index (χ2v) is 5.80. The minimum atomic E-state index is -0.679. The molecule has 17 heavy (non-hydrogen) atoms. The van der Waals surface area contributed by atoms with Gasteiger partial charge in [-0.05, 0) is 19.9 Å². The summed E-state index contributed by atoms with van der Waals surface area (Å²) in [5, 5.41) is 10.9. The minimum Gasteiger partial charge on any atom is -0.468 e. The summed E-state index contributed by atoms with van der Waals surface area (Å²) in [6.45, 7) is 4.69. The quantitative estimate of drug-likeness (QED) is 0.602. The van der Waals surface area contributed by atoms with Gasteiger partial charge in [0.15, 0.2) is 4.34 Å². The van der Waals surface area contributed by atoms with Crippen LogP contribution in [0.2, 0.25) is 0 Å². The number of esters is 1. The van der Waals surface area contributed by atoms with E-state index in [1.165, 1.54) is 30.2 Å².